The van der Waals surface area contributed by atoms with Crippen molar-refractivity contribution >= 4 is 0 Å². The van der Waals surface area contributed by atoms with Crippen molar-refractivity contribution in [3.63, 3.8) is 0 Å². The molecule has 0 saturated carbocycles. The first kappa shape index (κ1) is 14.5. The molecule has 0 aromatic heterocycles. The summed E-state index contributed by atoms with van der Waals surface area (Å²) in [7, 11) is 0. The van der Waals surface area contributed by atoms with Crippen LogP contribution in [-0.4, -0.2) is 65.4 Å². The van der Waals surface area contributed by atoms with Crippen molar-refractivity contribution in [3.05, 3.63) is 35.4 Å². The first-order chi connectivity index (χ1) is 9.17. The van der Waals surface area contributed by atoms with Gasteiger partial charge in [-0.3, -0.25) is 9.80 Å². The van der Waals surface area contributed by atoms with Crippen molar-refractivity contribution in [2.75, 3.05) is 39.3 Å². The highest BCUT2D eigenvalue weighted by Gasteiger charge is 2.18. The van der Waals surface area contributed by atoms with Crippen LogP contribution < -0.4 is 0 Å². The number of aliphatic hydroxyl groups is 2. The Morgan fingerprint density at radius 3 is 2.21 bits per heavy atom. The van der Waals surface area contributed by atoms with Gasteiger partial charge in [0.15, 0.2) is 0 Å². The van der Waals surface area contributed by atoms with Gasteiger partial charge in [0.1, 0.15) is 0 Å². The van der Waals surface area contributed by atoms with E-state index in [2.05, 4.69) is 41.0 Å². The molecule has 0 aliphatic carbocycles. The van der Waals surface area contributed by atoms with Crippen LogP contribution in [0.2, 0.25) is 0 Å². The first-order valence-electron chi connectivity index (χ1n) is 6.96. The molecule has 1 aromatic carbocycles. The Morgan fingerprint density at radius 1 is 1.05 bits per heavy atom. The lowest BCUT2D eigenvalue weighted by Gasteiger charge is -2.35. The molecule has 4 nitrogen and oxygen atoms in total. The van der Waals surface area contributed by atoms with Crippen molar-refractivity contribution < 1.29 is 10.2 Å². The highest BCUT2D eigenvalue weighted by atomic mass is 16.3. The van der Waals surface area contributed by atoms with E-state index in [1.807, 2.05) is 0 Å². The minimum Gasteiger partial charge on any atom is -0.394 e. The average Bonchev–Trinajstić information content (AvgIpc) is 2.43. The molecule has 0 spiro atoms. The summed E-state index contributed by atoms with van der Waals surface area (Å²) in [5.41, 5.74) is 2.65. The number of aliphatic hydroxyl groups excluding tert-OH is 2. The molecule has 1 fully saturated rings. The van der Waals surface area contributed by atoms with E-state index in [1.165, 1.54) is 11.1 Å². The topological polar surface area (TPSA) is 46.9 Å². The molecular weight excluding hydrogens is 240 g/mol. The zero-order valence-electron chi connectivity index (χ0n) is 11.6. The number of hydrogen-bond acceptors (Lipinski definition) is 4. The minimum atomic E-state index is -0.608. The first-order valence-corrected chi connectivity index (χ1v) is 6.96. The maximum absolute atomic E-state index is 9.43. The van der Waals surface area contributed by atoms with Gasteiger partial charge in [0.25, 0.3) is 0 Å². The second-order valence-corrected chi connectivity index (χ2v) is 5.40. The monoisotopic (exact) mass is 264 g/mol. The minimum absolute atomic E-state index is 0.149. The molecule has 1 saturated heterocycles. The Morgan fingerprint density at radius 2 is 1.63 bits per heavy atom. The fourth-order valence-corrected chi connectivity index (χ4v) is 2.44. The van der Waals surface area contributed by atoms with Crippen molar-refractivity contribution in [3.8, 4) is 0 Å². The van der Waals surface area contributed by atoms with Gasteiger partial charge in [-0.25, -0.2) is 0 Å². The van der Waals surface area contributed by atoms with Crippen LogP contribution in [0.3, 0.4) is 0 Å². The number of β-amino-alcohol motifs (C(OH)–C–C–N with tert-alkyl or cyclic N) is 1. The smallest absolute Gasteiger partial charge is 0.0897 e. The lowest BCUT2D eigenvalue weighted by atomic mass is 10.1. The van der Waals surface area contributed by atoms with E-state index in [9.17, 15) is 5.11 Å². The fourth-order valence-electron chi connectivity index (χ4n) is 2.44. The van der Waals surface area contributed by atoms with E-state index >= 15 is 0 Å². The van der Waals surface area contributed by atoms with E-state index in [4.69, 9.17) is 5.11 Å². The molecule has 2 N–H and O–H groups in total. The Labute approximate surface area is 115 Å². The molecule has 106 valence electrons. The van der Waals surface area contributed by atoms with E-state index in [0.717, 1.165) is 32.7 Å². The van der Waals surface area contributed by atoms with Crippen LogP contribution in [-0.2, 0) is 6.54 Å². The van der Waals surface area contributed by atoms with Crippen molar-refractivity contribution in [2.24, 2.45) is 0 Å². The molecular formula is C15H24N2O2. The van der Waals surface area contributed by atoms with Gasteiger partial charge in [-0.1, -0.05) is 29.8 Å². The Balaban J connectivity index is 1.75. The van der Waals surface area contributed by atoms with Crippen molar-refractivity contribution in [2.45, 2.75) is 19.6 Å². The van der Waals surface area contributed by atoms with Gasteiger partial charge in [-0.2, -0.15) is 0 Å². The SMILES string of the molecule is Cc1ccc(CN2CCN(CC(O)CO)CC2)cc1. The van der Waals surface area contributed by atoms with Crippen LogP contribution in [0.25, 0.3) is 0 Å². The summed E-state index contributed by atoms with van der Waals surface area (Å²) >= 11 is 0. The highest BCUT2D eigenvalue weighted by molar-refractivity contribution is 5.21. The summed E-state index contributed by atoms with van der Waals surface area (Å²) in [6.07, 6.45) is -0.608. The van der Waals surface area contributed by atoms with Crippen LogP contribution in [0.15, 0.2) is 24.3 Å². The van der Waals surface area contributed by atoms with Gasteiger partial charge in [-0.15, -0.1) is 0 Å². The van der Waals surface area contributed by atoms with Gasteiger partial charge in [0.05, 0.1) is 12.7 Å². The molecule has 0 bridgehead atoms. The summed E-state index contributed by atoms with van der Waals surface area (Å²) < 4.78 is 0. The average molecular weight is 264 g/mol. The van der Waals surface area contributed by atoms with Crippen LogP contribution in [0.4, 0.5) is 0 Å². The lowest BCUT2D eigenvalue weighted by molar-refractivity contribution is 0.0383. The quantitative estimate of drug-likeness (QED) is 0.811. The third kappa shape index (κ3) is 4.58. The van der Waals surface area contributed by atoms with Crippen LogP contribution in [0, 0.1) is 6.92 Å². The molecule has 1 unspecified atom stereocenters. The molecule has 1 heterocycles. The molecule has 2 rings (SSSR count). The van der Waals surface area contributed by atoms with E-state index in [1.54, 1.807) is 0 Å². The standard InChI is InChI=1S/C15H24N2O2/c1-13-2-4-14(5-3-13)10-16-6-8-17(9-7-16)11-15(19)12-18/h2-5,15,18-19H,6-12H2,1H3. The second-order valence-electron chi connectivity index (χ2n) is 5.40. The maximum Gasteiger partial charge on any atom is 0.0897 e. The highest BCUT2D eigenvalue weighted by Crippen LogP contribution is 2.10. The maximum atomic E-state index is 9.43. The van der Waals surface area contributed by atoms with Crippen LogP contribution >= 0.6 is 0 Å². The van der Waals surface area contributed by atoms with Gasteiger partial charge < -0.3 is 10.2 Å². The van der Waals surface area contributed by atoms with Gasteiger partial charge in [-0.05, 0) is 12.5 Å². The molecule has 4 heteroatoms. The largest absolute Gasteiger partial charge is 0.394 e. The zero-order valence-corrected chi connectivity index (χ0v) is 11.6. The van der Waals surface area contributed by atoms with Gasteiger partial charge >= 0.3 is 0 Å². The number of aryl methyl sites for hydroxylation is 1. The van der Waals surface area contributed by atoms with Crippen molar-refractivity contribution in [1.29, 1.82) is 0 Å². The van der Waals surface area contributed by atoms with Crippen molar-refractivity contribution in [1.82, 2.24) is 9.80 Å². The summed E-state index contributed by atoms with van der Waals surface area (Å²) in [5.74, 6) is 0. The number of piperazine rings is 1. The number of nitrogens with zero attached hydrogens (tertiary/aromatic N) is 2. The zero-order chi connectivity index (χ0) is 13.7. The number of benzene rings is 1. The van der Waals surface area contributed by atoms with E-state index in [0.29, 0.717) is 6.54 Å². The van der Waals surface area contributed by atoms with Crippen LogP contribution in [0.5, 0.6) is 0 Å². The summed E-state index contributed by atoms with van der Waals surface area (Å²) in [4.78, 5) is 4.65. The molecule has 19 heavy (non-hydrogen) atoms. The molecule has 1 aliphatic rings. The third-order valence-corrected chi connectivity index (χ3v) is 3.67. The molecule has 0 radical (unpaired) electrons. The summed E-state index contributed by atoms with van der Waals surface area (Å²) in [5, 5.41) is 18.3. The molecule has 0 amide bonds. The number of hydrogen-bond donors (Lipinski definition) is 2. The van der Waals surface area contributed by atoms with Gasteiger partial charge in [0, 0.05) is 39.3 Å². The third-order valence-electron chi connectivity index (χ3n) is 3.67. The van der Waals surface area contributed by atoms with E-state index < -0.39 is 6.10 Å². The Hall–Kier alpha value is -0.940. The Kier molecular flexibility index (Phi) is 5.34. The van der Waals surface area contributed by atoms with E-state index in [-0.39, 0.29) is 6.61 Å². The predicted octanol–water partition coefficient (Wildman–Crippen LogP) is 0.466. The normalized spacial score (nSPS) is 19.5. The fraction of sp³-hybridized carbons (Fsp3) is 0.600. The molecule has 1 aliphatic heterocycles. The molecule has 1 aromatic rings. The second kappa shape index (κ2) is 7.01. The Bertz CT molecular complexity index is 372. The summed E-state index contributed by atoms with van der Waals surface area (Å²) in [6, 6.07) is 8.70. The lowest BCUT2D eigenvalue weighted by Crippen LogP contribution is -2.48. The van der Waals surface area contributed by atoms with Crippen LogP contribution in [0.1, 0.15) is 11.1 Å². The summed E-state index contributed by atoms with van der Waals surface area (Å²) in [6.45, 7) is 7.49. The number of rotatable bonds is 5. The molecule has 1 atom stereocenters. The van der Waals surface area contributed by atoms with Gasteiger partial charge in [0.2, 0.25) is 0 Å². The predicted molar refractivity (Wildman–Crippen MR) is 76.0 cm³/mol.